The number of piperidine rings is 1. The Bertz CT molecular complexity index is 515. The first-order valence-corrected chi connectivity index (χ1v) is 8.00. The van der Waals surface area contributed by atoms with E-state index in [1.54, 1.807) is 0 Å². The highest BCUT2D eigenvalue weighted by Crippen LogP contribution is 2.33. The molecule has 1 saturated heterocycles. The molecule has 2 atom stereocenters. The Balaban J connectivity index is 1.71. The molecule has 22 heavy (non-hydrogen) atoms. The maximum absolute atomic E-state index is 11.9. The standard InChI is InChI=1S/C15H24N4O3/c1-10-16-15(22-18-10)12-6-7-19(11-4-3-5-11)8-13(12)17-14(20)9-21-2/h11-13H,3-9H2,1-2H3,(H,17,20)/t12-,13+/m0/s1. The molecule has 1 aliphatic carbocycles. The summed E-state index contributed by atoms with van der Waals surface area (Å²) >= 11 is 0. The first-order chi connectivity index (χ1) is 10.7. The number of nitrogens with zero attached hydrogens (tertiary/aromatic N) is 3. The molecule has 1 amide bonds. The van der Waals surface area contributed by atoms with Gasteiger partial charge in [0.1, 0.15) is 6.61 Å². The summed E-state index contributed by atoms with van der Waals surface area (Å²) in [6, 6.07) is 0.670. The van der Waals surface area contributed by atoms with Crippen LogP contribution in [-0.2, 0) is 9.53 Å². The number of ether oxygens (including phenoxy) is 1. The Morgan fingerprint density at radius 1 is 1.45 bits per heavy atom. The predicted octanol–water partition coefficient (Wildman–Crippen LogP) is 0.851. The van der Waals surface area contributed by atoms with Crippen molar-refractivity contribution >= 4 is 5.91 Å². The topological polar surface area (TPSA) is 80.5 Å². The Morgan fingerprint density at radius 2 is 2.27 bits per heavy atom. The van der Waals surface area contributed by atoms with Crippen LogP contribution in [0.5, 0.6) is 0 Å². The van der Waals surface area contributed by atoms with E-state index in [1.807, 2.05) is 6.92 Å². The number of aryl methyl sites for hydroxylation is 1. The molecule has 1 aliphatic heterocycles. The van der Waals surface area contributed by atoms with E-state index >= 15 is 0 Å². The van der Waals surface area contributed by atoms with Crippen LogP contribution in [0.1, 0.15) is 43.3 Å². The van der Waals surface area contributed by atoms with Crippen LogP contribution in [0.15, 0.2) is 4.52 Å². The molecule has 122 valence electrons. The fourth-order valence-electron chi connectivity index (χ4n) is 3.35. The number of amides is 1. The van der Waals surface area contributed by atoms with E-state index in [0.717, 1.165) is 19.5 Å². The third-order valence-electron chi connectivity index (χ3n) is 4.72. The summed E-state index contributed by atoms with van der Waals surface area (Å²) in [5.41, 5.74) is 0. The van der Waals surface area contributed by atoms with E-state index in [2.05, 4.69) is 20.4 Å². The Hall–Kier alpha value is -1.47. The van der Waals surface area contributed by atoms with Gasteiger partial charge in [-0.05, 0) is 32.7 Å². The fraction of sp³-hybridized carbons (Fsp3) is 0.800. The third-order valence-corrected chi connectivity index (χ3v) is 4.72. The van der Waals surface area contributed by atoms with Crippen LogP contribution in [0.2, 0.25) is 0 Å². The molecule has 0 radical (unpaired) electrons. The zero-order valence-corrected chi connectivity index (χ0v) is 13.2. The highest BCUT2D eigenvalue weighted by Gasteiger charge is 2.38. The Kier molecular flexibility index (Phi) is 4.73. The second-order valence-corrected chi connectivity index (χ2v) is 6.26. The van der Waals surface area contributed by atoms with Crippen molar-refractivity contribution in [2.24, 2.45) is 0 Å². The summed E-state index contributed by atoms with van der Waals surface area (Å²) in [6.45, 7) is 3.75. The van der Waals surface area contributed by atoms with Gasteiger partial charge in [0.25, 0.3) is 0 Å². The Labute approximate surface area is 130 Å². The van der Waals surface area contributed by atoms with E-state index in [0.29, 0.717) is 17.8 Å². The van der Waals surface area contributed by atoms with Crippen molar-refractivity contribution in [3.63, 3.8) is 0 Å². The van der Waals surface area contributed by atoms with Crippen molar-refractivity contribution in [3.8, 4) is 0 Å². The molecule has 0 bridgehead atoms. The molecule has 0 unspecified atom stereocenters. The molecule has 7 nitrogen and oxygen atoms in total. The number of hydrogen-bond acceptors (Lipinski definition) is 6. The number of likely N-dealkylation sites (tertiary alicyclic amines) is 1. The monoisotopic (exact) mass is 308 g/mol. The predicted molar refractivity (Wildman–Crippen MR) is 79.4 cm³/mol. The van der Waals surface area contributed by atoms with Crippen molar-refractivity contribution < 1.29 is 14.1 Å². The molecule has 0 spiro atoms. The van der Waals surface area contributed by atoms with Crippen LogP contribution < -0.4 is 5.32 Å². The number of nitrogens with one attached hydrogen (secondary N) is 1. The number of rotatable bonds is 5. The molecule has 0 aromatic carbocycles. The van der Waals surface area contributed by atoms with E-state index in [-0.39, 0.29) is 24.5 Å². The van der Waals surface area contributed by atoms with Gasteiger partial charge in [-0.2, -0.15) is 4.98 Å². The Morgan fingerprint density at radius 3 is 2.86 bits per heavy atom. The number of carbonyl (C=O) groups is 1. The number of methoxy groups -OCH3 is 1. The van der Waals surface area contributed by atoms with Gasteiger partial charge >= 0.3 is 0 Å². The van der Waals surface area contributed by atoms with Gasteiger partial charge < -0.3 is 14.6 Å². The van der Waals surface area contributed by atoms with Crippen molar-refractivity contribution in [2.75, 3.05) is 26.8 Å². The van der Waals surface area contributed by atoms with Crippen LogP contribution in [0.25, 0.3) is 0 Å². The number of aromatic nitrogens is 2. The summed E-state index contributed by atoms with van der Waals surface area (Å²) in [5, 5.41) is 6.96. The minimum Gasteiger partial charge on any atom is -0.375 e. The smallest absolute Gasteiger partial charge is 0.246 e. The highest BCUT2D eigenvalue weighted by atomic mass is 16.5. The van der Waals surface area contributed by atoms with Crippen LogP contribution in [0.3, 0.4) is 0 Å². The van der Waals surface area contributed by atoms with Crippen LogP contribution >= 0.6 is 0 Å². The van der Waals surface area contributed by atoms with E-state index in [9.17, 15) is 4.79 Å². The lowest BCUT2D eigenvalue weighted by atomic mass is 9.85. The van der Waals surface area contributed by atoms with Gasteiger partial charge in [0.15, 0.2) is 5.82 Å². The summed E-state index contributed by atoms with van der Waals surface area (Å²) in [6.07, 6.45) is 4.77. The maximum atomic E-state index is 11.9. The molecule has 3 rings (SSSR count). The number of carbonyl (C=O) groups excluding carboxylic acids is 1. The first-order valence-electron chi connectivity index (χ1n) is 8.00. The second kappa shape index (κ2) is 6.75. The lowest BCUT2D eigenvalue weighted by Crippen LogP contribution is -2.56. The lowest BCUT2D eigenvalue weighted by molar-refractivity contribution is -0.126. The molecule has 2 heterocycles. The molecule has 2 aliphatic rings. The summed E-state index contributed by atoms with van der Waals surface area (Å²) in [5.74, 6) is 1.26. The molecular weight excluding hydrogens is 284 g/mol. The van der Waals surface area contributed by atoms with Gasteiger partial charge in [-0.3, -0.25) is 9.69 Å². The van der Waals surface area contributed by atoms with Gasteiger partial charge in [0.2, 0.25) is 11.8 Å². The van der Waals surface area contributed by atoms with E-state index in [1.165, 1.54) is 26.4 Å². The molecule has 1 aromatic heterocycles. The average Bonchev–Trinajstić information content (AvgIpc) is 2.84. The van der Waals surface area contributed by atoms with Crippen molar-refractivity contribution in [3.05, 3.63) is 11.7 Å². The zero-order chi connectivity index (χ0) is 15.5. The molecule has 2 fully saturated rings. The average molecular weight is 308 g/mol. The normalized spacial score (nSPS) is 26.6. The number of hydrogen-bond donors (Lipinski definition) is 1. The summed E-state index contributed by atoms with van der Waals surface area (Å²) in [4.78, 5) is 18.8. The zero-order valence-electron chi connectivity index (χ0n) is 13.2. The van der Waals surface area contributed by atoms with Crippen molar-refractivity contribution in [1.29, 1.82) is 0 Å². The molecule has 7 heteroatoms. The van der Waals surface area contributed by atoms with Crippen LogP contribution in [-0.4, -0.2) is 59.8 Å². The third kappa shape index (κ3) is 3.30. The molecule has 1 saturated carbocycles. The summed E-state index contributed by atoms with van der Waals surface area (Å²) in [7, 11) is 1.53. The lowest BCUT2D eigenvalue weighted by Gasteiger charge is -2.44. The highest BCUT2D eigenvalue weighted by molar-refractivity contribution is 5.77. The largest absolute Gasteiger partial charge is 0.375 e. The first kappa shape index (κ1) is 15.4. The second-order valence-electron chi connectivity index (χ2n) is 6.26. The summed E-state index contributed by atoms with van der Waals surface area (Å²) < 4.78 is 10.3. The SMILES string of the molecule is COCC(=O)N[C@@H]1CN(C2CCC2)CC[C@@H]1c1nc(C)no1. The molecular formula is C15H24N4O3. The van der Waals surface area contributed by atoms with Gasteiger partial charge in [-0.1, -0.05) is 11.6 Å². The minimum atomic E-state index is -0.0933. The van der Waals surface area contributed by atoms with Crippen LogP contribution in [0, 0.1) is 6.92 Å². The van der Waals surface area contributed by atoms with Gasteiger partial charge in [-0.15, -0.1) is 0 Å². The molecule has 1 aromatic rings. The maximum Gasteiger partial charge on any atom is 0.246 e. The van der Waals surface area contributed by atoms with Gasteiger partial charge in [0.05, 0.1) is 12.0 Å². The van der Waals surface area contributed by atoms with Crippen LogP contribution in [0.4, 0.5) is 0 Å². The van der Waals surface area contributed by atoms with Gasteiger partial charge in [-0.25, -0.2) is 0 Å². The quantitative estimate of drug-likeness (QED) is 0.868. The molecule has 1 N–H and O–H groups in total. The van der Waals surface area contributed by atoms with Crippen molar-refractivity contribution in [1.82, 2.24) is 20.4 Å². The van der Waals surface area contributed by atoms with Crippen molar-refractivity contribution in [2.45, 2.75) is 50.6 Å². The van der Waals surface area contributed by atoms with Gasteiger partial charge in [0, 0.05) is 19.7 Å². The fourth-order valence-corrected chi connectivity index (χ4v) is 3.35. The van der Waals surface area contributed by atoms with E-state index < -0.39 is 0 Å². The van der Waals surface area contributed by atoms with E-state index in [4.69, 9.17) is 9.26 Å². The minimum absolute atomic E-state index is 0.00292.